The van der Waals surface area contributed by atoms with Gasteiger partial charge in [0.2, 0.25) is 5.91 Å². The molecular weight excluding hydrogens is 306 g/mol. The van der Waals surface area contributed by atoms with E-state index in [9.17, 15) is 4.79 Å². The molecule has 1 aliphatic heterocycles. The van der Waals surface area contributed by atoms with Crippen molar-refractivity contribution in [1.82, 2.24) is 14.7 Å². The molecule has 0 bridgehead atoms. The van der Waals surface area contributed by atoms with E-state index in [4.69, 9.17) is 0 Å². The number of hydrogen-bond donors (Lipinski definition) is 0. The fraction of sp³-hybridized carbons (Fsp3) is 0.714. The number of aromatic nitrogens is 2. The maximum Gasteiger partial charge on any atom is 0.224 e. The summed E-state index contributed by atoms with van der Waals surface area (Å²) >= 11 is 3.51. The Morgan fingerprint density at radius 3 is 2.53 bits per heavy atom. The summed E-state index contributed by atoms with van der Waals surface area (Å²) in [6, 6.07) is 0. The van der Waals surface area contributed by atoms with E-state index in [1.54, 1.807) is 0 Å². The van der Waals surface area contributed by atoms with E-state index < -0.39 is 0 Å². The summed E-state index contributed by atoms with van der Waals surface area (Å²) in [5.41, 5.74) is 2.08. The zero-order valence-electron chi connectivity index (χ0n) is 11.9. The smallest absolute Gasteiger partial charge is 0.224 e. The van der Waals surface area contributed by atoms with E-state index in [1.807, 2.05) is 23.4 Å². The molecule has 0 unspecified atom stereocenters. The predicted molar refractivity (Wildman–Crippen MR) is 79.0 cm³/mol. The van der Waals surface area contributed by atoms with Gasteiger partial charge in [0.25, 0.3) is 0 Å². The van der Waals surface area contributed by atoms with Crippen LogP contribution in [0.5, 0.6) is 0 Å². The predicted octanol–water partition coefficient (Wildman–Crippen LogP) is 2.91. The molecule has 2 rings (SSSR count). The quantitative estimate of drug-likeness (QED) is 0.856. The lowest BCUT2D eigenvalue weighted by Crippen LogP contribution is -2.38. The summed E-state index contributed by atoms with van der Waals surface area (Å²) in [7, 11) is 0. The highest BCUT2D eigenvalue weighted by molar-refractivity contribution is 9.10. The number of nitrogens with zero attached hydrogens (tertiary/aromatic N) is 3. The standard InChI is InChI=1S/C14H22BrN3O/c1-10-4-7-17(8-5-10)13(19)6-9-18-12(3)14(15)11(2)16-18/h10H,4-9H2,1-3H3. The Bertz CT molecular complexity index is 462. The third-order valence-corrected chi connectivity index (χ3v) is 5.11. The molecule has 0 saturated carbocycles. The first-order valence-electron chi connectivity index (χ1n) is 6.96. The molecule has 4 nitrogen and oxygen atoms in total. The number of likely N-dealkylation sites (tertiary alicyclic amines) is 1. The molecule has 0 N–H and O–H groups in total. The molecule has 0 aromatic carbocycles. The number of rotatable bonds is 3. The minimum Gasteiger partial charge on any atom is -0.343 e. The van der Waals surface area contributed by atoms with E-state index in [2.05, 4.69) is 28.0 Å². The SMILES string of the molecule is Cc1nn(CCC(=O)N2CCC(C)CC2)c(C)c1Br. The monoisotopic (exact) mass is 327 g/mol. The third kappa shape index (κ3) is 3.38. The van der Waals surface area contributed by atoms with Crippen molar-refractivity contribution in [1.29, 1.82) is 0 Å². The van der Waals surface area contributed by atoms with Crippen LogP contribution < -0.4 is 0 Å². The van der Waals surface area contributed by atoms with Gasteiger partial charge in [0, 0.05) is 25.2 Å². The zero-order chi connectivity index (χ0) is 14.0. The minimum atomic E-state index is 0.260. The molecule has 2 heterocycles. The second kappa shape index (κ2) is 6.07. The van der Waals surface area contributed by atoms with E-state index in [0.29, 0.717) is 13.0 Å². The lowest BCUT2D eigenvalue weighted by atomic mass is 9.99. The second-order valence-electron chi connectivity index (χ2n) is 5.52. The van der Waals surface area contributed by atoms with E-state index in [0.717, 1.165) is 47.7 Å². The highest BCUT2D eigenvalue weighted by atomic mass is 79.9. The largest absolute Gasteiger partial charge is 0.343 e. The molecule has 5 heteroatoms. The van der Waals surface area contributed by atoms with E-state index in [-0.39, 0.29) is 5.91 Å². The van der Waals surface area contributed by atoms with Gasteiger partial charge in [-0.05, 0) is 48.5 Å². The Morgan fingerprint density at radius 2 is 2.00 bits per heavy atom. The van der Waals surface area contributed by atoms with Crippen LogP contribution in [0.2, 0.25) is 0 Å². The van der Waals surface area contributed by atoms with Crippen molar-refractivity contribution in [3.05, 3.63) is 15.9 Å². The van der Waals surface area contributed by atoms with Crippen molar-refractivity contribution < 1.29 is 4.79 Å². The van der Waals surface area contributed by atoms with Crippen molar-refractivity contribution >= 4 is 21.8 Å². The van der Waals surface area contributed by atoms with Gasteiger partial charge in [-0.2, -0.15) is 5.10 Å². The molecule has 1 saturated heterocycles. The molecule has 1 aromatic rings. The number of halogens is 1. The molecule has 1 amide bonds. The van der Waals surface area contributed by atoms with Crippen molar-refractivity contribution in [2.45, 2.75) is 46.6 Å². The zero-order valence-corrected chi connectivity index (χ0v) is 13.5. The van der Waals surface area contributed by atoms with Crippen LogP contribution in [0.25, 0.3) is 0 Å². The topological polar surface area (TPSA) is 38.1 Å². The Kier molecular flexibility index (Phi) is 4.66. The van der Waals surface area contributed by atoms with Gasteiger partial charge >= 0.3 is 0 Å². The molecule has 0 atom stereocenters. The number of carbonyl (C=O) groups is 1. The number of piperidine rings is 1. The number of carbonyl (C=O) groups excluding carboxylic acids is 1. The van der Waals surface area contributed by atoms with Crippen LogP contribution in [0.4, 0.5) is 0 Å². The van der Waals surface area contributed by atoms with E-state index >= 15 is 0 Å². The lowest BCUT2D eigenvalue weighted by molar-refractivity contribution is -0.132. The summed E-state index contributed by atoms with van der Waals surface area (Å²) in [6.07, 6.45) is 2.82. The van der Waals surface area contributed by atoms with Crippen molar-refractivity contribution in [3.8, 4) is 0 Å². The number of aryl methyl sites for hydroxylation is 2. The molecule has 1 aliphatic rings. The first-order chi connectivity index (χ1) is 8.99. The second-order valence-corrected chi connectivity index (χ2v) is 6.31. The number of amides is 1. The first kappa shape index (κ1) is 14.6. The normalized spacial score (nSPS) is 16.9. The molecule has 1 fully saturated rings. The van der Waals surface area contributed by atoms with Gasteiger partial charge in [0.1, 0.15) is 0 Å². The highest BCUT2D eigenvalue weighted by Gasteiger charge is 2.20. The summed E-state index contributed by atoms with van der Waals surface area (Å²) in [6.45, 7) is 8.76. The summed E-state index contributed by atoms with van der Waals surface area (Å²) in [4.78, 5) is 14.2. The minimum absolute atomic E-state index is 0.260. The molecule has 106 valence electrons. The van der Waals surface area contributed by atoms with Crippen molar-refractivity contribution in [2.24, 2.45) is 5.92 Å². The van der Waals surface area contributed by atoms with Gasteiger partial charge in [0.15, 0.2) is 0 Å². The summed E-state index contributed by atoms with van der Waals surface area (Å²) < 4.78 is 2.97. The average molecular weight is 328 g/mol. The first-order valence-corrected chi connectivity index (χ1v) is 7.75. The Balaban J connectivity index is 1.88. The van der Waals surface area contributed by atoms with Crippen LogP contribution in [0.1, 0.15) is 37.6 Å². The van der Waals surface area contributed by atoms with Gasteiger partial charge in [-0.15, -0.1) is 0 Å². The fourth-order valence-electron chi connectivity index (χ4n) is 2.51. The van der Waals surface area contributed by atoms with Crippen LogP contribution in [-0.2, 0) is 11.3 Å². The van der Waals surface area contributed by atoms with Crippen molar-refractivity contribution in [3.63, 3.8) is 0 Å². The average Bonchev–Trinajstić information content (AvgIpc) is 2.64. The van der Waals surface area contributed by atoms with Crippen LogP contribution in [-0.4, -0.2) is 33.7 Å². The summed E-state index contributed by atoms with van der Waals surface area (Å²) in [5.74, 6) is 1.02. The molecule has 0 radical (unpaired) electrons. The third-order valence-electron chi connectivity index (χ3n) is 3.97. The Hall–Kier alpha value is -0.840. The van der Waals surface area contributed by atoms with Gasteiger partial charge in [-0.1, -0.05) is 6.92 Å². The molecule has 1 aromatic heterocycles. The van der Waals surface area contributed by atoms with Crippen LogP contribution in [0, 0.1) is 19.8 Å². The van der Waals surface area contributed by atoms with Gasteiger partial charge in [-0.25, -0.2) is 0 Å². The van der Waals surface area contributed by atoms with Crippen LogP contribution in [0.3, 0.4) is 0 Å². The number of hydrogen-bond acceptors (Lipinski definition) is 2. The van der Waals surface area contributed by atoms with E-state index in [1.165, 1.54) is 0 Å². The van der Waals surface area contributed by atoms with Crippen molar-refractivity contribution in [2.75, 3.05) is 13.1 Å². The molecule has 19 heavy (non-hydrogen) atoms. The molecule has 0 aliphatic carbocycles. The maximum absolute atomic E-state index is 12.2. The molecule has 0 spiro atoms. The van der Waals surface area contributed by atoms with Crippen LogP contribution in [0.15, 0.2) is 4.47 Å². The lowest BCUT2D eigenvalue weighted by Gasteiger charge is -2.30. The molecular formula is C14H22BrN3O. The van der Waals surface area contributed by atoms with Crippen LogP contribution >= 0.6 is 15.9 Å². The highest BCUT2D eigenvalue weighted by Crippen LogP contribution is 2.20. The van der Waals surface area contributed by atoms with Gasteiger partial charge < -0.3 is 4.90 Å². The Morgan fingerprint density at radius 1 is 1.37 bits per heavy atom. The Labute approximate surface area is 123 Å². The maximum atomic E-state index is 12.2. The fourth-order valence-corrected chi connectivity index (χ4v) is 2.79. The van der Waals surface area contributed by atoms with Gasteiger partial charge in [-0.3, -0.25) is 9.48 Å². The van der Waals surface area contributed by atoms with Gasteiger partial charge in [0.05, 0.1) is 16.7 Å². The summed E-state index contributed by atoms with van der Waals surface area (Å²) in [5, 5.41) is 4.44.